The summed E-state index contributed by atoms with van der Waals surface area (Å²) in [7, 11) is 1.68. The van der Waals surface area contributed by atoms with Crippen molar-refractivity contribution in [2.75, 3.05) is 18.6 Å². The molecule has 0 fully saturated rings. The summed E-state index contributed by atoms with van der Waals surface area (Å²) in [5, 5.41) is 8.23. The van der Waals surface area contributed by atoms with Crippen LogP contribution in [0.2, 0.25) is 0 Å². The lowest BCUT2D eigenvalue weighted by atomic mass is 10.0. The number of amides is 1. The normalized spacial score (nSPS) is 17.6. The molecule has 0 bridgehead atoms. The zero-order valence-electron chi connectivity index (χ0n) is 14.1. The quantitative estimate of drug-likeness (QED) is 0.749. The molecule has 0 spiro atoms. The molecule has 0 N–H and O–H groups in total. The molecule has 1 aromatic rings. The summed E-state index contributed by atoms with van der Waals surface area (Å²) < 4.78 is 5.48. The number of nitrogens with zero attached hydrogens (tertiary/aromatic N) is 3. The van der Waals surface area contributed by atoms with Crippen LogP contribution in [0.5, 0.6) is 5.75 Å². The topological polar surface area (TPSA) is 54.3 Å². The molecule has 0 saturated heterocycles. The van der Waals surface area contributed by atoms with E-state index in [9.17, 15) is 4.79 Å². The Morgan fingerprint density at radius 1 is 1.38 bits per heavy atom. The first-order valence-corrected chi connectivity index (χ1v) is 8.53. The van der Waals surface area contributed by atoms with Gasteiger partial charge in [-0.1, -0.05) is 6.07 Å². The number of anilines is 1. The Bertz CT molecular complexity index is 684. The number of ether oxygens (including phenoxy) is 1. The molecule has 24 heavy (non-hydrogen) atoms. The number of carbonyl (C=O) groups excluding carboxylic acids is 1. The van der Waals surface area contributed by atoms with Gasteiger partial charge >= 0.3 is 0 Å². The number of methoxy groups -OCH3 is 1. The van der Waals surface area contributed by atoms with E-state index < -0.39 is 5.66 Å². The highest BCUT2D eigenvalue weighted by Crippen LogP contribution is 2.39. The highest BCUT2D eigenvalue weighted by atomic mass is 16.5. The highest BCUT2D eigenvalue weighted by Gasteiger charge is 2.39. The zero-order valence-corrected chi connectivity index (χ0v) is 14.1. The van der Waals surface area contributed by atoms with Crippen molar-refractivity contribution in [1.82, 2.24) is 0 Å². The molecule has 5 heteroatoms. The van der Waals surface area contributed by atoms with Crippen LogP contribution in [-0.2, 0) is 11.2 Å². The van der Waals surface area contributed by atoms with Gasteiger partial charge in [0.15, 0.2) is 5.66 Å². The maximum Gasteiger partial charge on any atom is 0.227 e. The molecular formula is C19H23N3O2. The predicted octanol–water partition coefficient (Wildman–Crippen LogP) is 3.72. The summed E-state index contributed by atoms with van der Waals surface area (Å²) in [5.74, 6) is 3.61. The summed E-state index contributed by atoms with van der Waals surface area (Å²) in [6, 6.07) is 5.92. The molecule has 0 unspecified atom stereocenters. The van der Waals surface area contributed by atoms with E-state index in [4.69, 9.17) is 11.2 Å². The van der Waals surface area contributed by atoms with Gasteiger partial charge in [0.05, 0.1) is 12.8 Å². The van der Waals surface area contributed by atoms with Crippen molar-refractivity contribution < 1.29 is 9.53 Å². The van der Waals surface area contributed by atoms with Crippen LogP contribution >= 0.6 is 0 Å². The summed E-state index contributed by atoms with van der Waals surface area (Å²) in [4.78, 5) is 14.7. The lowest BCUT2D eigenvalue weighted by Crippen LogP contribution is -2.32. The van der Waals surface area contributed by atoms with Crippen molar-refractivity contribution >= 4 is 11.6 Å². The standard InChI is InChI=1S/C19H23N3O2/c1-3-4-12-19(20-21-19)13-11-18(23)22-14-6-5-8-15-16(22)9-7-10-17(15)24-2/h1,7,9-10H,4-6,8,11-14H2,2H3. The van der Waals surface area contributed by atoms with Gasteiger partial charge in [0.2, 0.25) is 5.91 Å². The van der Waals surface area contributed by atoms with Gasteiger partial charge in [0, 0.05) is 37.8 Å². The van der Waals surface area contributed by atoms with E-state index in [-0.39, 0.29) is 5.91 Å². The Kier molecular flexibility index (Phi) is 4.84. The van der Waals surface area contributed by atoms with Gasteiger partial charge in [-0.3, -0.25) is 4.79 Å². The van der Waals surface area contributed by atoms with Crippen LogP contribution in [0.4, 0.5) is 5.69 Å². The Morgan fingerprint density at radius 3 is 2.92 bits per heavy atom. The molecule has 1 aromatic carbocycles. The second kappa shape index (κ2) is 7.04. The van der Waals surface area contributed by atoms with Gasteiger partial charge in [0.25, 0.3) is 0 Å². The van der Waals surface area contributed by atoms with Gasteiger partial charge in [-0.05, 0) is 31.4 Å². The summed E-state index contributed by atoms with van der Waals surface area (Å²) in [6.45, 7) is 0.755. The van der Waals surface area contributed by atoms with Crippen LogP contribution in [0.25, 0.3) is 0 Å². The van der Waals surface area contributed by atoms with Crippen LogP contribution < -0.4 is 9.64 Å². The molecule has 126 valence electrons. The van der Waals surface area contributed by atoms with Gasteiger partial charge in [-0.2, -0.15) is 10.2 Å². The number of carbonyl (C=O) groups is 1. The largest absolute Gasteiger partial charge is 0.496 e. The van der Waals surface area contributed by atoms with E-state index in [0.29, 0.717) is 19.3 Å². The maximum atomic E-state index is 12.8. The molecule has 0 aliphatic carbocycles. The van der Waals surface area contributed by atoms with Crippen molar-refractivity contribution in [2.45, 2.75) is 50.6 Å². The second-order valence-corrected chi connectivity index (χ2v) is 6.35. The molecule has 0 aromatic heterocycles. The first kappa shape index (κ1) is 16.5. The third-order valence-corrected chi connectivity index (χ3v) is 4.77. The van der Waals surface area contributed by atoms with E-state index in [1.165, 1.54) is 0 Å². The molecule has 2 aliphatic heterocycles. The minimum Gasteiger partial charge on any atom is -0.496 e. The minimum atomic E-state index is -0.398. The van der Waals surface area contributed by atoms with Crippen molar-refractivity contribution in [2.24, 2.45) is 10.2 Å². The molecule has 3 rings (SSSR count). The number of hydrogen-bond acceptors (Lipinski definition) is 4. The Labute approximate surface area is 143 Å². The SMILES string of the molecule is C#CCCC1(CCC(=O)N2CCCCc3c(OC)cccc32)N=N1. The van der Waals surface area contributed by atoms with Crippen LogP contribution in [0.1, 0.15) is 44.1 Å². The summed E-state index contributed by atoms with van der Waals surface area (Å²) in [5.41, 5.74) is 1.72. The Hall–Kier alpha value is -2.35. The van der Waals surface area contributed by atoms with Crippen molar-refractivity contribution in [3.05, 3.63) is 23.8 Å². The van der Waals surface area contributed by atoms with Crippen molar-refractivity contribution in [1.29, 1.82) is 0 Å². The van der Waals surface area contributed by atoms with Crippen molar-refractivity contribution in [3.63, 3.8) is 0 Å². The fourth-order valence-electron chi connectivity index (χ4n) is 3.31. The zero-order chi connectivity index (χ0) is 17.0. The number of fused-ring (bicyclic) bond motifs is 1. The first-order chi connectivity index (χ1) is 11.7. The third-order valence-electron chi connectivity index (χ3n) is 4.77. The van der Waals surface area contributed by atoms with Crippen LogP contribution in [0.3, 0.4) is 0 Å². The van der Waals surface area contributed by atoms with Crippen LogP contribution in [0, 0.1) is 12.3 Å². The second-order valence-electron chi connectivity index (χ2n) is 6.35. The monoisotopic (exact) mass is 325 g/mol. The summed E-state index contributed by atoms with van der Waals surface area (Å²) >= 11 is 0. The number of benzene rings is 1. The smallest absolute Gasteiger partial charge is 0.227 e. The Balaban J connectivity index is 1.71. The number of terminal acetylenes is 1. The molecule has 2 heterocycles. The molecule has 1 amide bonds. The molecule has 5 nitrogen and oxygen atoms in total. The van der Waals surface area contributed by atoms with E-state index in [1.54, 1.807) is 7.11 Å². The number of rotatable bonds is 6. The Morgan fingerprint density at radius 2 is 2.21 bits per heavy atom. The van der Waals surface area contributed by atoms with E-state index >= 15 is 0 Å². The number of hydrogen-bond donors (Lipinski definition) is 0. The van der Waals surface area contributed by atoms with Gasteiger partial charge in [-0.15, -0.1) is 12.3 Å². The molecular weight excluding hydrogens is 302 g/mol. The van der Waals surface area contributed by atoms with Gasteiger partial charge in [0.1, 0.15) is 5.75 Å². The van der Waals surface area contributed by atoms with Gasteiger partial charge < -0.3 is 9.64 Å². The van der Waals surface area contributed by atoms with Crippen LogP contribution in [-0.4, -0.2) is 25.2 Å². The minimum absolute atomic E-state index is 0.129. The molecule has 0 saturated carbocycles. The first-order valence-electron chi connectivity index (χ1n) is 8.53. The maximum absolute atomic E-state index is 12.8. The van der Waals surface area contributed by atoms with E-state index in [1.807, 2.05) is 23.1 Å². The fraction of sp³-hybridized carbons (Fsp3) is 0.526. The predicted molar refractivity (Wildman–Crippen MR) is 93.2 cm³/mol. The highest BCUT2D eigenvalue weighted by molar-refractivity contribution is 5.94. The molecule has 2 aliphatic rings. The lowest BCUT2D eigenvalue weighted by Gasteiger charge is -2.24. The average molecular weight is 325 g/mol. The van der Waals surface area contributed by atoms with E-state index in [2.05, 4.69) is 16.1 Å². The molecule has 0 atom stereocenters. The fourth-order valence-corrected chi connectivity index (χ4v) is 3.31. The molecule has 0 radical (unpaired) electrons. The third kappa shape index (κ3) is 3.43. The van der Waals surface area contributed by atoms with Gasteiger partial charge in [-0.25, -0.2) is 0 Å². The van der Waals surface area contributed by atoms with Crippen molar-refractivity contribution in [3.8, 4) is 18.1 Å². The summed E-state index contributed by atoms with van der Waals surface area (Å²) in [6.07, 6.45) is 10.8. The average Bonchev–Trinajstić information content (AvgIpc) is 3.40. The lowest BCUT2D eigenvalue weighted by molar-refractivity contribution is -0.118. The van der Waals surface area contributed by atoms with Crippen LogP contribution in [0.15, 0.2) is 28.4 Å². The van der Waals surface area contributed by atoms with E-state index in [0.717, 1.165) is 49.2 Å².